The van der Waals surface area contributed by atoms with Crippen LogP contribution in [0, 0.1) is 0 Å². The Morgan fingerprint density at radius 2 is 2.18 bits per heavy atom. The minimum Gasteiger partial charge on any atom is -0.496 e. The monoisotopic (exact) mass is 378 g/mol. The molecule has 144 valence electrons. The molecule has 1 aromatic carbocycles. The minimum atomic E-state index is 0.0420. The summed E-state index contributed by atoms with van der Waals surface area (Å²) in [6.07, 6.45) is 4.71. The standard InChI is InChI=1S/C21H22N4O3/c1-27-18-6-5-17(22-15-12-28-13-15)20-16(18)11-25(21(20)26)9-7-14-10-24-8-3-2-4-19(24)23-14/h2-6,8,10,15,22H,7,9,11-13H2,1H3. The molecule has 1 N–H and O–H groups in total. The number of hydrogen-bond acceptors (Lipinski definition) is 5. The van der Waals surface area contributed by atoms with E-state index in [1.807, 2.05) is 52.0 Å². The van der Waals surface area contributed by atoms with Gasteiger partial charge in [-0.1, -0.05) is 6.07 Å². The molecule has 0 unspecified atom stereocenters. The highest BCUT2D eigenvalue weighted by Gasteiger charge is 2.33. The topological polar surface area (TPSA) is 68.1 Å². The Bertz CT molecular complexity index is 1010. The number of imidazole rings is 1. The van der Waals surface area contributed by atoms with E-state index >= 15 is 0 Å². The van der Waals surface area contributed by atoms with E-state index in [4.69, 9.17) is 9.47 Å². The Balaban J connectivity index is 1.36. The molecular weight excluding hydrogens is 356 g/mol. The van der Waals surface area contributed by atoms with Gasteiger partial charge < -0.3 is 24.1 Å². The first-order valence-corrected chi connectivity index (χ1v) is 9.49. The molecule has 2 aliphatic rings. The van der Waals surface area contributed by atoms with E-state index in [0.29, 0.717) is 32.7 Å². The molecule has 2 aromatic heterocycles. The van der Waals surface area contributed by atoms with Crippen molar-refractivity contribution in [3.8, 4) is 5.75 Å². The molecule has 0 spiro atoms. The molecule has 0 radical (unpaired) electrons. The first-order chi connectivity index (χ1) is 13.7. The second kappa shape index (κ2) is 6.83. The maximum atomic E-state index is 13.1. The van der Waals surface area contributed by atoms with Gasteiger partial charge >= 0.3 is 0 Å². The van der Waals surface area contributed by atoms with Crippen LogP contribution in [0.1, 0.15) is 21.6 Å². The second-order valence-corrected chi connectivity index (χ2v) is 7.22. The maximum absolute atomic E-state index is 13.1. The summed E-state index contributed by atoms with van der Waals surface area (Å²) >= 11 is 0. The minimum absolute atomic E-state index is 0.0420. The van der Waals surface area contributed by atoms with Crippen LogP contribution in [-0.2, 0) is 17.7 Å². The number of hydrogen-bond donors (Lipinski definition) is 1. The van der Waals surface area contributed by atoms with Gasteiger partial charge in [0.15, 0.2) is 0 Å². The third kappa shape index (κ3) is 2.88. The summed E-state index contributed by atoms with van der Waals surface area (Å²) in [7, 11) is 1.65. The normalized spacial score (nSPS) is 16.3. The zero-order valence-corrected chi connectivity index (χ0v) is 15.7. The summed E-state index contributed by atoms with van der Waals surface area (Å²) < 4.78 is 12.8. The molecule has 2 aliphatic heterocycles. The number of carbonyl (C=O) groups is 1. The van der Waals surface area contributed by atoms with Crippen molar-refractivity contribution in [2.75, 3.05) is 32.2 Å². The Morgan fingerprint density at radius 3 is 2.93 bits per heavy atom. The van der Waals surface area contributed by atoms with Crippen LogP contribution in [0.4, 0.5) is 5.69 Å². The predicted octanol–water partition coefficient (Wildman–Crippen LogP) is 2.35. The number of amides is 1. The fraction of sp³-hybridized carbons (Fsp3) is 0.333. The molecule has 28 heavy (non-hydrogen) atoms. The summed E-state index contributed by atoms with van der Waals surface area (Å²) in [6, 6.07) is 10.1. The highest BCUT2D eigenvalue weighted by Crippen LogP contribution is 2.36. The molecule has 5 rings (SSSR count). The van der Waals surface area contributed by atoms with Crippen molar-refractivity contribution < 1.29 is 14.3 Å². The first-order valence-electron chi connectivity index (χ1n) is 9.49. The lowest BCUT2D eigenvalue weighted by Crippen LogP contribution is -2.40. The van der Waals surface area contributed by atoms with Gasteiger partial charge in [-0.05, 0) is 24.3 Å². The Hall–Kier alpha value is -3.06. The van der Waals surface area contributed by atoms with Gasteiger partial charge in [-0.2, -0.15) is 0 Å². The summed E-state index contributed by atoms with van der Waals surface area (Å²) in [5, 5.41) is 3.43. The highest BCUT2D eigenvalue weighted by molar-refractivity contribution is 6.04. The van der Waals surface area contributed by atoms with Gasteiger partial charge in [0.25, 0.3) is 5.91 Å². The highest BCUT2D eigenvalue weighted by atomic mass is 16.5. The molecule has 0 atom stereocenters. The van der Waals surface area contributed by atoms with Crippen molar-refractivity contribution in [1.82, 2.24) is 14.3 Å². The number of pyridine rings is 1. The smallest absolute Gasteiger partial charge is 0.256 e. The lowest BCUT2D eigenvalue weighted by molar-refractivity contribution is 0.0210. The predicted molar refractivity (Wildman–Crippen MR) is 105 cm³/mol. The summed E-state index contributed by atoms with van der Waals surface area (Å²) in [4.78, 5) is 19.6. The van der Waals surface area contributed by atoms with Crippen LogP contribution < -0.4 is 10.1 Å². The number of anilines is 1. The molecule has 0 saturated carbocycles. The summed E-state index contributed by atoms with van der Waals surface area (Å²) in [6.45, 7) is 2.52. The maximum Gasteiger partial charge on any atom is 0.256 e. The van der Waals surface area contributed by atoms with Crippen LogP contribution in [0.25, 0.3) is 5.65 Å². The van der Waals surface area contributed by atoms with Crippen molar-refractivity contribution in [2.24, 2.45) is 0 Å². The van der Waals surface area contributed by atoms with Crippen LogP contribution in [0.5, 0.6) is 5.75 Å². The Morgan fingerprint density at radius 1 is 1.29 bits per heavy atom. The molecule has 1 amide bonds. The van der Waals surface area contributed by atoms with E-state index in [0.717, 1.165) is 33.9 Å². The van der Waals surface area contributed by atoms with Crippen LogP contribution in [0.2, 0.25) is 0 Å². The molecule has 0 aliphatic carbocycles. The van der Waals surface area contributed by atoms with Gasteiger partial charge in [0.1, 0.15) is 11.4 Å². The average molecular weight is 378 g/mol. The second-order valence-electron chi connectivity index (χ2n) is 7.22. The van der Waals surface area contributed by atoms with Crippen LogP contribution >= 0.6 is 0 Å². The Kier molecular flexibility index (Phi) is 4.16. The summed E-state index contributed by atoms with van der Waals surface area (Å²) in [5.41, 5.74) is 4.44. The van der Waals surface area contributed by atoms with E-state index in [2.05, 4.69) is 10.3 Å². The number of fused-ring (bicyclic) bond motifs is 2. The van der Waals surface area contributed by atoms with Gasteiger partial charge in [0, 0.05) is 36.6 Å². The molecule has 0 bridgehead atoms. The number of rotatable bonds is 6. The van der Waals surface area contributed by atoms with Gasteiger partial charge in [-0.25, -0.2) is 4.98 Å². The van der Waals surface area contributed by atoms with Crippen molar-refractivity contribution in [3.05, 3.63) is 59.5 Å². The number of nitrogens with one attached hydrogen (secondary N) is 1. The number of ether oxygens (including phenoxy) is 2. The van der Waals surface area contributed by atoms with Crippen LogP contribution in [-0.4, -0.2) is 53.1 Å². The SMILES string of the molecule is COc1ccc(NC2COC2)c2c1CN(CCc1cn3ccccc3n1)C2=O. The average Bonchev–Trinajstić information content (AvgIpc) is 3.24. The lowest BCUT2D eigenvalue weighted by Gasteiger charge is -2.28. The number of benzene rings is 1. The van der Waals surface area contributed by atoms with Crippen LogP contribution in [0.3, 0.4) is 0 Å². The van der Waals surface area contributed by atoms with Crippen molar-refractivity contribution in [3.63, 3.8) is 0 Å². The third-order valence-corrected chi connectivity index (χ3v) is 5.39. The van der Waals surface area contributed by atoms with E-state index in [1.165, 1.54) is 0 Å². The number of nitrogens with zero attached hydrogens (tertiary/aromatic N) is 3. The summed E-state index contributed by atoms with van der Waals surface area (Å²) in [5.74, 6) is 0.800. The largest absolute Gasteiger partial charge is 0.496 e. The van der Waals surface area contributed by atoms with Crippen molar-refractivity contribution in [1.29, 1.82) is 0 Å². The quantitative estimate of drug-likeness (QED) is 0.713. The number of carbonyl (C=O) groups excluding carboxylic acids is 1. The molecule has 7 heteroatoms. The van der Waals surface area contributed by atoms with Gasteiger partial charge in [0.2, 0.25) is 0 Å². The molecular formula is C21H22N4O3. The third-order valence-electron chi connectivity index (χ3n) is 5.39. The van der Waals surface area contributed by atoms with E-state index in [9.17, 15) is 4.79 Å². The van der Waals surface area contributed by atoms with Gasteiger partial charge in [-0.15, -0.1) is 0 Å². The molecule has 4 heterocycles. The first kappa shape index (κ1) is 17.1. The fourth-order valence-electron chi connectivity index (χ4n) is 3.84. The Labute approximate surface area is 162 Å². The van der Waals surface area contributed by atoms with Crippen LogP contribution in [0.15, 0.2) is 42.7 Å². The van der Waals surface area contributed by atoms with E-state index < -0.39 is 0 Å². The van der Waals surface area contributed by atoms with Crippen molar-refractivity contribution in [2.45, 2.75) is 19.0 Å². The van der Waals surface area contributed by atoms with Crippen molar-refractivity contribution >= 4 is 17.2 Å². The zero-order chi connectivity index (χ0) is 19.1. The molecule has 1 fully saturated rings. The molecule has 3 aromatic rings. The van der Waals surface area contributed by atoms with Gasteiger partial charge in [0.05, 0.1) is 44.2 Å². The lowest BCUT2D eigenvalue weighted by atomic mass is 10.1. The van der Waals surface area contributed by atoms with Gasteiger partial charge in [-0.3, -0.25) is 4.79 Å². The van der Waals surface area contributed by atoms with E-state index in [1.54, 1.807) is 7.11 Å². The van der Waals surface area contributed by atoms with E-state index in [-0.39, 0.29) is 11.9 Å². The zero-order valence-electron chi connectivity index (χ0n) is 15.7. The molecule has 1 saturated heterocycles. The molecule has 7 nitrogen and oxygen atoms in total. The number of aromatic nitrogens is 2. The number of methoxy groups -OCH3 is 1. The fourth-order valence-corrected chi connectivity index (χ4v) is 3.84.